The average molecular weight is 265 g/mol. The van der Waals surface area contributed by atoms with Crippen molar-refractivity contribution in [2.24, 2.45) is 0 Å². The van der Waals surface area contributed by atoms with Crippen LogP contribution in [0.1, 0.15) is 34.7 Å². The van der Waals surface area contributed by atoms with Crippen LogP contribution in [0.4, 0.5) is 8.78 Å². The molecule has 0 saturated heterocycles. The second-order valence-corrected chi connectivity index (χ2v) is 4.22. The Balaban J connectivity index is 2.23. The predicted molar refractivity (Wildman–Crippen MR) is 65.6 cm³/mol. The number of nitrogens with one attached hydrogen (secondary N) is 2. The molecule has 19 heavy (non-hydrogen) atoms. The molecule has 6 heteroatoms. The molecule has 4 nitrogen and oxygen atoms in total. The van der Waals surface area contributed by atoms with E-state index >= 15 is 0 Å². The van der Waals surface area contributed by atoms with Crippen LogP contribution in [-0.2, 0) is 0 Å². The van der Waals surface area contributed by atoms with Crippen molar-refractivity contribution < 1.29 is 13.6 Å². The van der Waals surface area contributed by atoms with Crippen LogP contribution in [0.15, 0.2) is 24.5 Å². The Bertz CT molecular complexity index is 596. The van der Waals surface area contributed by atoms with Crippen LogP contribution in [0.5, 0.6) is 0 Å². The number of carbonyl (C=O) groups excluding carboxylic acids is 1. The van der Waals surface area contributed by atoms with Gasteiger partial charge in [-0.3, -0.25) is 4.79 Å². The molecule has 0 bridgehead atoms. The maximum absolute atomic E-state index is 13.8. The molecule has 0 fully saturated rings. The first-order chi connectivity index (χ1) is 9.00. The number of benzene rings is 1. The highest BCUT2D eigenvalue weighted by Crippen LogP contribution is 2.17. The number of aryl methyl sites for hydroxylation is 1. The van der Waals surface area contributed by atoms with E-state index in [9.17, 15) is 13.6 Å². The maximum atomic E-state index is 13.8. The van der Waals surface area contributed by atoms with Gasteiger partial charge in [0.1, 0.15) is 23.0 Å². The summed E-state index contributed by atoms with van der Waals surface area (Å²) in [7, 11) is 0. The standard InChI is InChI=1S/C13H13F2N3O/c1-7-3-4-9(14)10(11(7)15)13(19)18-8(2)12-16-5-6-17-12/h3-6,8H,1-2H3,(H,16,17)(H,18,19). The van der Waals surface area contributed by atoms with Gasteiger partial charge in [0, 0.05) is 12.4 Å². The molecule has 0 aliphatic heterocycles. The molecule has 1 aromatic heterocycles. The Kier molecular flexibility index (Phi) is 3.59. The summed E-state index contributed by atoms with van der Waals surface area (Å²) in [5.41, 5.74) is -0.351. The fourth-order valence-electron chi connectivity index (χ4n) is 1.72. The number of hydrogen-bond acceptors (Lipinski definition) is 2. The number of rotatable bonds is 3. The van der Waals surface area contributed by atoms with Crippen molar-refractivity contribution >= 4 is 5.91 Å². The lowest BCUT2D eigenvalue weighted by molar-refractivity contribution is 0.0929. The number of H-pyrrole nitrogens is 1. The highest BCUT2D eigenvalue weighted by molar-refractivity contribution is 5.95. The first kappa shape index (κ1) is 13.2. The van der Waals surface area contributed by atoms with Crippen LogP contribution in [0.2, 0.25) is 0 Å². The molecule has 0 aliphatic carbocycles. The van der Waals surface area contributed by atoms with Crippen molar-refractivity contribution in [2.75, 3.05) is 0 Å². The molecule has 2 N–H and O–H groups in total. The Hall–Kier alpha value is -2.24. The zero-order valence-electron chi connectivity index (χ0n) is 10.5. The molecular formula is C13H13F2N3O. The van der Waals surface area contributed by atoms with Crippen LogP contribution in [0.25, 0.3) is 0 Å². The molecule has 0 radical (unpaired) electrons. The molecule has 1 atom stereocenters. The van der Waals surface area contributed by atoms with Gasteiger partial charge in [-0.15, -0.1) is 0 Å². The third-order valence-electron chi connectivity index (χ3n) is 2.79. The number of nitrogens with zero attached hydrogens (tertiary/aromatic N) is 1. The molecule has 1 amide bonds. The third-order valence-corrected chi connectivity index (χ3v) is 2.79. The Labute approximate surface area is 108 Å². The predicted octanol–water partition coefficient (Wildman–Crippen LogP) is 2.49. The number of aromatic nitrogens is 2. The van der Waals surface area contributed by atoms with Crippen molar-refractivity contribution in [2.45, 2.75) is 19.9 Å². The van der Waals surface area contributed by atoms with E-state index in [-0.39, 0.29) is 5.56 Å². The minimum atomic E-state index is -0.882. The molecule has 0 aliphatic rings. The quantitative estimate of drug-likeness (QED) is 0.895. The normalized spacial score (nSPS) is 12.2. The van der Waals surface area contributed by atoms with Crippen molar-refractivity contribution in [3.05, 3.63) is 53.1 Å². The molecule has 1 unspecified atom stereocenters. The van der Waals surface area contributed by atoms with Crippen LogP contribution in [0.3, 0.4) is 0 Å². The fraction of sp³-hybridized carbons (Fsp3) is 0.231. The smallest absolute Gasteiger partial charge is 0.257 e. The summed E-state index contributed by atoms with van der Waals surface area (Å²) in [5, 5.41) is 2.49. The van der Waals surface area contributed by atoms with Crippen LogP contribution < -0.4 is 5.32 Å². The van der Waals surface area contributed by atoms with Gasteiger partial charge < -0.3 is 10.3 Å². The van der Waals surface area contributed by atoms with Gasteiger partial charge in [0.05, 0.1) is 6.04 Å². The van der Waals surface area contributed by atoms with Crippen molar-refractivity contribution in [1.82, 2.24) is 15.3 Å². The van der Waals surface area contributed by atoms with Crippen molar-refractivity contribution in [1.29, 1.82) is 0 Å². The molecule has 2 rings (SSSR count). The van der Waals surface area contributed by atoms with E-state index in [1.54, 1.807) is 13.1 Å². The van der Waals surface area contributed by atoms with Gasteiger partial charge in [-0.25, -0.2) is 13.8 Å². The van der Waals surface area contributed by atoms with Crippen LogP contribution in [0, 0.1) is 18.6 Å². The zero-order valence-corrected chi connectivity index (χ0v) is 10.5. The summed E-state index contributed by atoms with van der Waals surface area (Å²) in [4.78, 5) is 18.7. The Morgan fingerprint density at radius 1 is 1.42 bits per heavy atom. The number of carbonyl (C=O) groups is 1. The Morgan fingerprint density at radius 3 is 2.79 bits per heavy atom. The van der Waals surface area contributed by atoms with Crippen LogP contribution >= 0.6 is 0 Å². The molecular weight excluding hydrogens is 252 g/mol. The first-order valence-electron chi connectivity index (χ1n) is 5.75. The number of amides is 1. The van der Waals surface area contributed by atoms with Crippen LogP contribution in [-0.4, -0.2) is 15.9 Å². The minimum absolute atomic E-state index is 0.220. The van der Waals surface area contributed by atoms with Gasteiger partial charge >= 0.3 is 0 Å². The molecule has 0 spiro atoms. The highest BCUT2D eigenvalue weighted by Gasteiger charge is 2.21. The van der Waals surface area contributed by atoms with E-state index in [2.05, 4.69) is 15.3 Å². The van der Waals surface area contributed by atoms with E-state index in [0.29, 0.717) is 5.82 Å². The largest absolute Gasteiger partial charge is 0.347 e. The topological polar surface area (TPSA) is 57.8 Å². The van der Waals surface area contributed by atoms with Crippen molar-refractivity contribution in [3.8, 4) is 0 Å². The number of imidazole rings is 1. The molecule has 1 heterocycles. The minimum Gasteiger partial charge on any atom is -0.347 e. The summed E-state index contributed by atoms with van der Waals surface area (Å²) >= 11 is 0. The van der Waals surface area contributed by atoms with E-state index < -0.39 is 29.1 Å². The molecule has 1 aromatic carbocycles. The second-order valence-electron chi connectivity index (χ2n) is 4.22. The average Bonchev–Trinajstić information content (AvgIpc) is 2.88. The van der Waals surface area contributed by atoms with Gasteiger partial charge in [0.2, 0.25) is 0 Å². The lowest BCUT2D eigenvalue weighted by Crippen LogP contribution is -2.29. The first-order valence-corrected chi connectivity index (χ1v) is 5.75. The summed E-state index contributed by atoms with van der Waals surface area (Å²) in [6.07, 6.45) is 3.14. The van der Waals surface area contributed by atoms with Gasteiger partial charge in [0.15, 0.2) is 0 Å². The monoisotopic (exact) mass is 265 g/mol. The number of halogens is 2. The van der Waals surface area contributed by atoms with E-state index in [4.69, 9.17) is 0 Å². The third kappa shape index (κ3) is 2.62. The number of hydrogen-bond donors (Lipinski definition) is 2. The van der Waals surface area contributed by atoms with Gasteiger partial charge in [-0.2, -0.15) is 0 Å². The van der Waals surface area contributed by atoms with Gasteiger partial charge in [-0.1, -0.05) is 6.07 Å². The van der Waals surface area contributed by atoms with E-state index in [1.165, 1.54) is 19.2 Å². The van der Waals surface area contributed by atoms with Gasteiger partial charge in [0.25, 0.3) is 5.91 Å². The molecule has 0 saturated carbocycles. The molecule has 100 valence electrons. The van der Waals surface area contributed by atoms with Crippen molar-refractivity contribution in [3.63, 3.8) is 0 Å². The summed E-state index contributed by atoms with van der Waals surface area (Å²) in [6, 6.07) is 1.89. The van der Waals surface area contributed by atoms with E-state index in [1.807, 2.05) is 0 Å². The fourth-order valence-corrected chi connectivity index (χ4v) is 1.72. The summed E-state index contributed by atoms with van der Waals surface area (Å²) in [5.74, 6) is -2.01. The number of aromatic amines is 1. The summed E-state index contributed by atoms with van der Waals surface area (Å²) < 4.78 is 27.3. The van der Waals surface area contributed by atoms with Gasteiger partial charge in [-0.05, 0) is 25.5 Å². The SMILES string of the molecule is Cc1ccc(F)c(C(=O)NC(C)c2ncc[nH]2)c1F. The second kappa shape index (κ2) is 5.17. The lowest BCUT2D eigenvalue weighted by Gasteiger charge is -2.13. The molecule has 2 aromatic rings. The maximum Gasteiger partial charge on any atom is 0.257 e. The Morgan fingerprint density at radius 2 is 2.16 bits per heavy atom. The summed E-state index contributed by atoms with van der Waals surface area (Å²) in [6.45, 7) is 3.14. The lowest BCUT2D eigenvalue weighted by atomic mass is 10.1. The van der Waals surface area contributed by atoms with E-state index in [0.717, 1.165) is 6.07 Å². The zero-order chi connectivity index (χ0) is 14.0. The highest BCUT2D eigenvalue weighted by atomic mass is 19.1.